The van der Waals surface area contributed by atoms with E-state index >= 15 is 0 Å². The van der Waals surface area contributed by atoms with E-state index in [0.717, 1.165) is 43.3 Å². The Balaban J connectivity index is 1.33. The molecule has 1 atom stereocenters. The van der Waals surface area contributed by atoms with Crippen molar-refractivity contribution in [3.8, 4) is 0 Å². The number of amides is 1. The van der Waals surface area contributed by atoms with Gasteiger partial charge in [-0.25, -0.2) is 9.37 Å². The number of ether oxygens (including phenoxy) is 1. The summed E-state index contributed by atoms with van der Waals surface area (Å²) in [6.45, 7) is 8.40. The number of carbonyl (C=O) groups excluding carboxylic acids is 1. The first-order chi connectivity index (χ1) is 17.9. The first kappa shape index (κ1) is 25.1. The van der Waals surface area contributed by atoms with Crippen LogP contribution in [0.3, 0.4) is 0 Å². The summed E-state index contributed by atoms with van der Waals surface area (Å²) >= 11 is 0. The van der Waals surface area contributed by atoms with Gasteiger partial charge in [0.05, 0.1) is 31.2 Å². The number of pyridine rings is 1. The average molecular weight is 506 g/mol. The highest BCUT2D eigenvalue weighted by atomic mass is 19.1. The highest BCUT2D eigenvalue weighted by molar-refractivity contribution is 5.99. The SMILES string of the molecule is Cc1cn2cc(C3=C\C(=O)N4C=C(N5CCN(CCOCCO)[C@@H](C)C5)C=C\C4=C/C=C/3)cc(F)c2n1. The Morgan fingerprint density at radius 3 is 2.81 bits per heavy atom. The molecule has 9 heteroatoms. The number of hydrogen-bond acceptors (Lipinski definition) is 6. The minimum absolute atomic E-state index is 0.0401. The van der Waals surface area contributed by atoms with Gasteiger partial charge in [-0.15, -0.1) is 0 Å². The second-order valence-corrected chi connectivity index (χ2v) is 9.50. The number of allylic oxidation sites excluding steroid dienone is 6. The number of aliphatic hydroxyl groups excluding tert-OH is 1. The molecule has 0 saturated carbocycles. The lowest BCUT2D eigenvalue weighted by atomic mass is 10.0. The van der Waals surface area contributed by atoms with E-state index in [1.54, 1.807) is 27.8 Å². The van der Waals surface area contributed by atoms with Crippen LogP contribution in [0.2, 0.25) is 0 Å². The number of nitrogens with zero attached hydrogens (tertiary/aromatic N) is 5. The Labute approximate surface area is 215 Å². The lowest BCUT2D eigenvalue weighted by Crippen LogP contribution is -2.52. The zero-order valence-corrected chi connectivity index (χ0v) is 21.2. The number of halogens is 1. The normalized spacial score (nSPS) is 24.2. The van der Waals surface area contributed by atoms with Crippen molar-refractivity contribution in [2.75, 3.05) is 46.0 Å². The van der Waals surface area contributed by atoms with E-state index in [0.29, 0.717) is 30.4 Å². The Bertz CT molecular complexity index is 1340. The molecule has 2 aromatic heterocycles. The zero-order chi connectivity index (χ0) is 25.9. The molecule has 1 fully saturated rings. The fourth-order valence-electron chi connectivity index (χ4n) is 4.94. The van der Waals surface area contributed by atoms with Crippen molar-refractivity contribution in [1.82, 2.24) is 24.1 Å². The summed E-state index contributed by atoms with van der Waals surface area (Å²) in [7, 11) is 0. The van der Waals surface area contributed by atoms with E-state index in [-0.39, 0.29) is 18.2 Å². The second-order valence-electron chi connectivity index (χ2n) is 9.50. The number of fused-ring (bicyclic) bond motifs is 2. The molecule has 0 bridgehead atoms. The number of hydrogen-bond donors (Lipinski definition) is 1. The van der Waals surface area contributed by atoms with Crippen molar-refractivity contribution in [3.05, 3.63) is 89.6 Å². The number of imidazole rings is 1. The predicted octanol–water partition coefficient (Wildman–Crippen LogP) is 2.87. The maximum absolute atomic E-state index is 14.7. The quantitative estimate of drug-likeness (QED) is 0.584. The summed E-state index contributed by atoms with van der Waals surface area (Å²) in [5, 5.41) is 8.88. The summed E-state index contributed by atoms with van der Waals surface area (Å²) in [5.41, 5.74) is 3.99. The van der Waals surface area contributed by atoms with Gasteiger partial charge in [-0.3, -0.25) is 14.6 Å². The molecule has 1 N–H and O–H groups in total. The van der Waals surface area contributed by atoms with Crippen molar-refractivity contribution in [2.24, 2.45) is 0 Å². The molecule has 3 aliphatic rings. The third-order valence-corrected chi connectivity index (χ3v) is 6.87. The Hall–Kier alpha value is -3.53. The topological polar surface area (TPSA) is 73.6 Å². The predicted molar refractivity (Wildman–Crippen MR) is 140 cm³/mol. The Kier molecular flexibility index (Phi) is 7.36. The summed E-state index contributed by atoms with van der Waals surface area (Å²) in [5.74, 6) is -0.621. The van der Waals surface area contributed by atoms with Gasteiger partial charge in [0, 0.05) is 68.2 Å². The van der Waals surface area contributed by atoms with Crippen LogP contribution in [0, 0.1) is 12.7 Å². The smallest absolute Gasteiger partial charge is 0.255 e. The molecule has 5 rings (SSSR count). The van der Waals surface area contributed by atoms with Crippen molar-refractivity contribution in [2.45, 2.75) is 19.9 Å². The molecule has 3 aliphatic heterocycles. The number of aliphatic hydroxyl groups is 1. The summed E-state index contributed by atoms with van der Waals surface area (Å²) in [6, 6.07) is 1.75. The first-order valence-corrected chi connectivity index (χ1v) is 12.6. The number of aryl methyl sites for hydroxylation is 1. The Morgan fingerprint density at radius 2 is 2.00 bits per heavy atom. The molecule has 37 heavy (non-hydrogen) atoms. The van der Waals surface area contributed by atoms with Gasteiger partial charge in [-0.05, 0) is 43.7 Å². The third-order valence-electron chi connectivity index (χ3n) is 6.87. The number of aromatic nitrogens is 2. The Morgan fingerprint density at radius 1 is 1.16 bits per heavy atom. The van der Waals surface area contributed by atoms with Crippen LogP contribution >= 0.6 is 0 Å². The van der Waals surface area contributed by atoms with E-state index < -0.39 is 5.82 Å². The molecule has 5 heterocycles. The zero-order valence-electron chi connectivity index (χ0n) is 21.2. The number of carbonyl (C=O) groups is 1. The maximum atomic E-state index is 14.7. The van der Waals surface area contributed by atoms with Crippen molar-refractivity contribution < 1.29 is 19.0 Å². The van der Waals surface area contributed by atoms with Crippen molar-refractivity contribution >= 4 is 17.1 Å². The van der Waals surface area contributed by atoms with Gasteiger partial charge in [0.25, 0.3) is 5.91 Å². The minimum atomic E-state index is -0.429. The van der Waals surface area contributed by atoms with Gasteiger partial charge in [0.2, 0.25) is 0 Å². The molecule has 0 spiro atoms. The number of rotatable bonds is 7. The molecular formula is C28H32FN5O3. The van der Waals surface area contributed by atoms with Crippen LogP contribution in [0.1, 0.15) is 18.2 Å². The molecule has 0 radical (unpaired) electrons. The average Bonchev–Trinajstić information content (AvgIpc) is 3.26. The van der Waals surface area contributed by atoms with Crippen LogP contribution in [-0.2, 0) is 9.53 Å². The van der Waals surface area contributed by atoms with E-state index in [9.17, 15) is 9.18 Å². The maximum Gasteiger partial charge on any atom is 0.255 e. The molecule has 0 unspecified atom stereocenters. The molecule has 8 nitrogen and oxygen atoms in total. The minimum Gasteiger partial charge on any atom is -0.394 e. The molecule has 0 aliphatic carbocycles. The molecule has 194 valence electrons. The lowest BCUT2D eigenvalue weighted by Gasteiger charge is -2.42. The first-order valence-electron chi connectivity index (χ1n) is 12.6. The van der Waals surface area contributed by atoms with E-state index in [2.05, 4.69) is 21.7 Å². The number of piperazine rings is 1. The van der Waals surface area contributed by atoms with E-state index in [1.165, 1.54) is 6.07 Å². The van der Waals surface area contributed by atoms with E-state index in [1.807, 2.05) is 43.5 Å². The van der Waals surface area contributed by atoms with Crippen LogP contribution in [0.5, 0.6) is 0 Å². The fourth-order valence-corrected chi connectivity index (χ4v) is 4.94. The van der Waals surface area contributed by atoms with Gasteiger partial charge < -0.3 is 19.1 Å². The van der Waals surface area contributed by atoms with Gasteiger partial charge in [0.1, 0.15) is 0 Å². The van der Waals surface area contributed by atoms with Gasteiger partial charge in [-0.2, -0.15) is 0 Å². The van der Waals surface area contributed by atoms with E-state index in [4.69, 9.17) is 9.84 Å². The largest absolute Gasteiger partial charge is 0.394 e. The second kappa shape index (κ2) is 10.8. The van der Waals surface area contributed by atoms with Crippen molar-refractivity contribution in [3.63, 3.8) is 0 Å². The van der Waals surface area contributed by atoms with Crippen LogP contribution < -0.4 is 0 Å². The summed E-state index contributed by atoms with van der Waals surface area (Å²) < 4.78 is 21.8. The molecular weight excluding hydrogens is 473 g/mol. The monoisotopic (exact) mass is 505 g/mol. The van der Waals surface area contributed by atoms with Gasteiger partial charge in [-0.1, -0.05) is 12.2 Å². The van der Waals surface area contributed by atoms with Crippen LogP contribution in [0.4, 0.5) is 4.39 Å². The standard InChI is InChI=1S/C28H32FN5O3/c1-20-16-33-18-23(14-26(29)28(33)30-20)22-4-3-5-24-6-7-25(19-34(24)27(36)15-22)32-9-8-31(21(2)17-32)10-12-37-13-11-35/h3-7,14-16,18-19,21,35H,8-13,17H2,1-2H3/b4-3+,22-15+,24-5+/t21-/m0/s1. The van der Waals surface area contributed by atoms with Crippen molar-refractivity contribution in [1.29, 1.82) is 0 Å². The fraction of sp³-hybridized carbons (Fsp3) is 0.357. The molecule has 1 saturated heterocycles. The molecule has 1 amide bonds. The molecule has 0 aromatic carbocycles. The summed E-state index contributed by atoms with van der Waals surface area (Å²) in [4.78, 5) is 23.9. The third kappa shape index (κ3) is 5.44. The van der Waals surface area contributed by atoms with Crippen LogP contribution in [0.15, 0.2) is 72.5 Å². The summed E-state index contributed by atoms with van der Waals surface area (Å²) in [6.07, 6.45) is 16.6. The van der Waals surface area contributed by atoms with Gasteiger partial charge >= 0.3 is 0 Å². The van der Waals surface area contributed by atoms with Crippen LogP contribution in [0.25, 0.3) is 11.2 Å². The van der Waals surface area contributed by atoms with Crippen LogP contribution in [-0.4, -0.2) is 87.1 Å². The molecule has 2 aromatic rings. The lowest BCUT2D eigenvalue weighted by molar-refractivity contribution is -0.122. The highest BCUT2D eigenvalue weighted by Gasteiger charge is 2.27. The highest BCUT2D eigenvalue weighted by Crippen LogP contribution is 2.27. The van der Waals surface area contributed by atoms with Gasteiger partial charge in [0.15, 0.2) is 11.5 Å².